The van der Waals surface area contributed by atoms with Crippen molar-refractivity contribution in [2.24, 2.45) is 0 Å². The zero-order valence-electron chi connectivity index (χ0n) is 10.9. The number of carbonyl (C=O) groups excluding carboxylic acids is 1. The molecular weight excluding hydrogens is 278 g/mol. The Morgan fingerprint density at radius 2 is 1.85 bits per heavy atom. The number of ether oxygens (including phenoxy) is 2. The lowest BCUT2D eigenvalue weighted by atomic mass is 10.3. The molecule has 0 saturated heterocycles. The molecule has 0 heterocycles. The SMILES string of the molecule is COc1ccccc1NC(=O)COc1ccc(Cl)cc1. The molecule has 0 fully saturated rings. The first-order valence-corrected chi connectivity index (χ1v) is 6.38. The Bertz CT molecular complexity index is 584. The van der Waals surface area contributed by atoms with Crippen LogP contribution in [-0.2, 0) is 4.79 Å². The Labute approximate surface area is 122 Å². The van der Waals surface area contributed by atoms with Crippen molar-refractivity contribution in [1.82, 2.24) is 0 Å². The van der Waals surface area contributed by atoms with Gasteiger partial charge in [0.05, 0.1) is 12.8 Å². The Morgan fingerprint density at radius 3 is 2.55 bits per heavy atom. The van der Waals surface area contributed by atoms with Crippen LogP contribution in [0.25, 0.3) is 0 Å². The van der Waals surface area contributed by atoms with E-state index in [1.54, 1.807) is 43.5 Å². The van der Waals surface area contributed by atoms with Crippen molar-refractivity contribution in [3.8, 4) is 11.5 Å². The fourth-order valence-corrected chi connectivity index (χ4v) is 1.74. The first-order valence-electron chi connectivity index (χ1n) is 6.00. The maximum Gasteiger partial charge on any atom is 0.262 e. The van der Waals surface area contributed by atoms with Crippen LogP contribution in [0, 0.1) is 0 Å². The number of halogens is 1. The van der Waals surface area contributed by atoms with Crippen LogP contribution in [0.4, 0.5) is 5.69 Å². The van der Waals surface area contributed by atoms with E-state index >= 15 is 0 Å². The van der Waals surface area contributed by atoms with Gasteiger partial charge in [-0.1, -0.05) is 23.7 Å². The van der Waals surface area contributed by atoms with Crippen LogP contribution in [-0.4, -0.2) is 19.6 Å². The van der Waals surface area contributed by atoms with Crippen molar-refractivity contribution in [2.75, 3.05) is 19.0 Å². The van der Waals surface area contributed by atoms with Gasteiger partial charge in [0.1, 0.15) is 11.5 Å². The van der Waals surface area contributed by atoms with Crippen molar-refractivity contribution in [3.63, 3.8) is 0 Å². The van der Waals surface area contributed by atoms with Gasteiger partial charge in [0.15, 0.2) is 6.61 Å². The predicted molar refractivity (Wildman–Crippen MR) is 78.6 cm³/mol. The number of methoxy groups -OCH3 is 1. The molecule has 0 atom stereocenters. The standard InChI is InChI=1S/C15H14ClNO3/c1-19-14-5-3-2-4-13(14)17-15(18)10-20-12-8-6-11(16)7-9-12/h2-9H,10H2,1H3,(H,17,18). The van der Waals surface area contributed by atoms with E-state index in [4.69, 9.17) is 21.1 Å². The van der Waals surface area contributed by atoms with E-state index in [1.807, 2.05) is 12.1 Å². The first-order chi connectivity index (χ1) is 9.69. The van der Waals surface area contributed by atoms with Crippen molar-refractivity contribution in [3.05, 3.63) is 53.6 Å². The molecule has 0 aliphatic rings. The van der Waals surface area contributed by atoms with Gasteiger partial charge in [-0.3, -0.25) is 4.79 Å². The van der Waals surface area contributed by atoms with E-state index in [1.165, 1.54) is 0 Å². The van der Waals surface area contributed by atoms with Gasteiger partial charge >= 0.3 is 0 Å². The molecular formula is C15H14ClNO3. The number of rotatable bonds is 5. The number of hydrogen-bond donors (Lipinski definition) is 1. The summed E-state index contributed by atoms with van der Waals surface area (Å²) in [5, 5.41) is 3.35. The van der Waals surface area contributed by atoms with Crippen LogP contribution in [0.5, 0.6) is 11.5 Å². The quantitative estimate of drug-likeness (QED) is 0.919. The first kappa shape index (κ1) is 14.2. The van der Waals surface area contributed by atoms with Crippen LogP contribution in [0.1, 0.15) is 0 Å². The molecule has 0 unspecified atom stereocenters. The number of hydrogen-bond acceptors (Lipinski definition) is 3. The van der Waals surface area contributed by atoms with E-state index < -0.39 is 0 Å². The average molecular weight is 292 g/mol. The number of anilines is 1. The zero-order valence-corrected chi connectivity index (χ0v) is 11.7. The molecule has 5 heteroatoms. The normalized spacial score (nSPS) is 9.90. The molecule has 2 aromatic rings. The highest BCUT2D eigenvalue weighted by Crippen LogP contribution is 2.23. The third kappa shape index (κ3) is 3.90. The second kappa shape index (κ2) is 6.82. The van der Waals surface area contributed by atoms with E-state index in [0.717, 1.165) is 0 Å². The van der Waals surface area contributed by atoms with Crippen LogP contribution >= 0.6 is 11.6 Å². The summed E-state index contributed by atoms with van der Waals surface area (Å²) in [6.45, 7) is -0.0836. The van der Waals surface area contributed by atoms with Gasteiger partial charge in [-0.2, -0.15) is 0 Å². The summed E-state index contributed by atoms with van der Waals surface area (Å²) in [7, 11) is 1.55. The summed E-state index contributed by atoms with van der Waals surface area (Å²) in [5.41, 5.74) is 0.611. The van der Waals surface area contributed by atoms with Crippen LogP contribution in [0.15, 0.2) is 48.5 Å². The molecule has 2 aromatic carbocycles. The van der Waals surface area contributed by atoms with E-state index in [9.17, 15) is 4.79 Å². The van der Waals surface area contributed by atoms with Gasteiger partial charge in [-0.15, -0.1) is 0 Å². The summed E-state index contributed by atoms with van der Waals surface area (Å²) in [6, 6.07) is 14.0. The van der Waals surface area contributed by atoms with Gasteiger partial charge in [0, 0.05) is 5.02 Å². The maximum atomic E-state index is 11.8. The highest BCUT2D eigenvalue weighted by atomic mass is 35.5. The molecule has 0 aromatic heterocycles. The minimum atomic E-state index is -0.260. The smallest absolute Gasteiger partial charge is 0.262 e. The number of benzene rings is 2. The highest BCUT2D eigenvalue weighted by Gasteiger charge is 2.07. The molecule has 0 spiro atoms. The molecule has 20 heavy (non-hydrogen) atoms. The van der Waals surface area contributed by atoms with Gasteiger partial charge in [0.25, 0.3) is 5.91 Å². The zero-order chi connectivity index (χ0) is 14.4. The molecule has 0 radical (unpaired) electrons. The van der Waals surface area contributed by atoms with Crippen molar-refractivity contribution in [2.45, 2.75) is 0 Å². The minimum Gasteiger partial charge on any atom is -0.495 e. The van der Waals surface area contributed by atoms with Gasteiger partial charge < -0.3 is 14.8 Å². The fraction of sp³-hybridized carbons (Fsp3) is 0.133. The molecule has 1 N–H and O–H groups in total. The van der Waals surface area contributed by atoms with Gasteiger partial charge in [-0.25, -0.2) is 0 Å². The summed E-state index contributed by atoms with van der Waals surface area (Å²) < 4.78 is 10.5. The Balaban J connectivity index is 1.91. The molecule has 2 rings (SSSR count). The number of carbonyl (C=O) groups is 1. The molecule has 0 aliphatic carbocycles. The number of para-hydroxylation sites is 2. The fourth-order valence-electron chi connectivity index (χ4n) is 1.61. The minimum absolute atomic E-state index is 0.0836. The summed E-state index contributed by atoms with van der Waals surface area (Å²) in [6.07, 6.45) is 0. The average Bonchev–Trinajstić information content (AvgIpc) is 2.47. The maximum absolute atomic E-state index is 11.8. The summed E-state index contributed by atoms with van der Waals surface area (Å²) in [4.78, 5) is 11.8. The van der Waals surface area contributed by atoms with Gasteiger partial charge in [0.2, 0.25) is 0 Å². The number of amides is 1. The van der Waals surface area contributed by atoms with Crippen molar-refractivity contribution < 1.29 is 14.3 Å². The second-order valence-corrected chi connectivity index (χ2v) is 4.43. The molecule has 1 amide bonds. The largest absolute Gasteiger partial charge is 0.495 e. The molecule has 4 nitrogen and oxygen atoms in total. The third-order valence-corrected chi connectivity index (χ3v) is 2.82. The van der Waals surface area contributed by atoms with Crippen LogP contribution < -0.4 is 14.8 Å². The third-order valence-electron chi connectivity index (χ3n) is 2.56. The summed E-state index contributed by atoms with van der Waals surface area (Å²) in [5.74, 6) is 0.932. The number of nitrogens with one attached hydrogen (secondary N) is 1. The monoisotopic (exact) mass is 291 g/mol. The van der Waals surface area contributed by atoms with E-state index in [-0.39, 0.29) is 12.5 Å². The Kier molecular flexibility index (Phi) is 4.85. The molecule has 0 bridgehead atoms. The lowest BCUT2D eigenvalue weighted by molar-refractivity contribution is -0.118. The highest BCUT2D eigenvalue weighted by molar-refractivity contribution is 6.30. The van der Waals surface area contributed by atoms with Crippen LogP contribution in [0.2, 0.25) is 5.02 Å². The topological polar surface area (TPSA) is 47.6 Å². The van der Waals surface area contributed by atoms with Crippen LogP contribution in [0.3, 0.4) is 0 Å². The predicted octanol–water partition coefficient (Wildman–Crippen LogP) is 3.37. The molecule has 104 valence electrons. The Hall–Kier alpha value is -2.20. The van der Waals surface area contributed by atoms with Crippen molar-refractivity contribution >= 4 is 23.2 Å². The molecule has 0 saturated carbocycles. The lowest BCUT2D eigenvalue weighted by Crippen LogP contribution is -2.20. The Morgan fingerprint density at radius 1 is 1.15 bits per heavy atom. The molecule has 0 aliphatic heterocycles. The van der Waals surface area contributed by atoms with E-state index in [0.29, 0.717) is 22.2 Å². The summed E-state index contributed by atoms with van der Waals surface area (Å²) >= 11 is 5.77. The van der Waals surface area contributed by atoms with Crippen molar-refractivity contribution in [1.29, 1.82) is 0 Å². The van der Waals surface area contributed by atoms with E-state index in [2.05, 4.69) is 5.32 Å². The van der Waals surface area contributed by atoms with Gasteiger partial charge in [-0.05, 0) is 36.4 Å². The second-order valence-electron chi connectivity index (χ2n) is 3.99. The lowest BCUT2D eigenvalue weighted by Gasteiger charge is -2.10.